The Morgan fingerprint density at radius 3 is 2.56 bits per heavy atom. The number of hydrogen-bond acceptors (Lipinski definition) is 5. The number of aromatic nitrogens is 3. The molecule has 0 aromatic carbocycles. The van der Waals surface area contributed by atoms with E-state index < -0.39 is 12.1 Å². The second-order valence-electron chi connectivity index (χ2n) is 5.32. The van der Waals surface area contributed by atoms with Crippen molar-refractivity contribution in [3.05, 3.63) is 17.4 Å². The molecule has 0 atom stereocenters. The van der Waals surface area contributed by atoms with Crippen molar-refractivity contribution in [3.63, 3.8) is 0 Å². The van der Waals surface area contributed by atoms with Crippen molar-refractivity contribution in [1.82, 2.24) is 15.2 Å². The molecule has 3 heterocycles. The molecule has 0 saturated carbocycles. The summed E-state index contributed by atoms with van der Waals surface area (Å²) in [6, 6.07) is 1.80. The summed E-state index contributed by atoms with van der Waals surface area (Å²) < 4.78 is 37.1. The van der Waals surface area contributed by atoms with Gasteiger partial charge in [-0.15, -0.1) is 0 Å². The lowest BCUT2D eigenvalue weighted by atomic mass is 10.1. The molecule has 2 N–H and O–H groups in total. The maximum Gasteiger partial charge on any atom is 0.490 e. The summed E-state index contributed by atoms with van der Waals surface area (Å²) in [4.78, 5) is 15.3. The third-order valence-corrected chi connectivity index (χ3v) is 3.92. The smallest absolute Gasteiger partial charge is 0.475 e. The minimum Gasteiger partial charge on any atom is -0.475 e. The molecule has 2 aromatic rings. The number of pyridine rings is 1. The van der Waals surface area contributed by atoms with Crippen molar-refractivity contribution in [1.29, 1.82) is 0 Å². The van der Waals surface area contributed by atoms with Crippen LogP contribution in [0.4, 0.5) is 19.0 Å². The summed E-state index contributed by atoms with van der Waals surface area (Å²) in [5.74, 6) is -1.80. The highest BCUT2D eigenvalue weighted by Crippen LogP contribution is 2.27. The molecule has 1 aliphatic rings. The van der Waals surface area contributed by atoms with Gasteiger partial charge in [0.15, 0.2) is 5.82 Å². The maximum absolute atomic E-state index is 10.6. The topological polar surface area (TPSA) is 91.3 Å². The number of nitrogens with one attached hydrogen (secondary N) is 1. The molecule has 1 saturated heterocycles. The Morgan fingerprint density at radius 2 is 2.04 bits per heavy atom. The number of methoxy groups -OCH3 is 1. The zero-order chi connectivity index (χ0) is 18.6. The predicted molar refractivity (Wildman–Crippen MR) is 84.8 cm³/mol. The molecular formula is C14H16ClF3N4O3. The molecule has 25 heavy (non-hydrogen) atoms. The normalized spacial score (nSPS) is 15.8. The largest absolute Gasteiger partial charge is 0.490 e. The van der Waals surface area contributed by atoms with Crippen molar-refractivity contribution in [2.24, 2.45) is 0 Å². The Hall–Kier alpha value is -2.07. The number of H-pyrrole nitrogens is 1. The van der Waals surface area contributed by atoms with Crippen LogP contribution in [0.1, 0.15) is 12.8 Å². The Kier molecular flexibility index (Phi) is 6.07. The lowest BCUT2D eigenvalue weighted by Gasteiger charge is -2.31. The average molecular weight is 381 g/mol. The summed E-state index contributed by atoms with van der Waals surface area (Å²) in [6.07, 6.45) is -0.865. The van der Waals surface area contributed by atoms with Gasteiger partial charge in [-0.3, -0.25) is 5.10 Å². The second-order valence-corrected chi connectivity index (χ2v) is 5.71. The maximum atomic E-state index is 10.6. The molecule has 1 fully saturated rings. The molecule has 3 rings (SSSR count). The number of hydrogen-bond donors (Lipinski definition) is 2. The fourth-order valence-corrected chi connectivity index (χ4v) is 2.58. The van der Waals surface area contributed by atoms with Gasteiger partial charge in [0.1, 0.15) is 5.15 Å². The monoisotopic (exact) mass is 380 g/mol. The van der Waals surface area contributed by atoms with E-state index in [1.165, 1.54) is 0 Å². The Morgan fingerprint density at radius 1 is 1.44 bits per heavy atom. The highest BCUT2D eigenvalue weighted by molar-refractivity contribution is 6.30. The number of nitrogens with zero attached hydrogens (tertiary/aromatic N) is 3. The van der Waals surface area contributed by atoms with Crippen molar-refractivity contribution >= 4 is 34.3 Å². The van der Waals surface area contributed by atoms with E-state index in [0.29, 0.717) is 11.3 Å². The number of aliphatic carboxylic acids is 1. The number of carboxylic acids is 1. The quantitative estimate of drug-likeness (QED) is 0.778. The zero-order valence-corrected chi connectivity index (χ0v) is 13.9. The van der Waals surface area contributed by atoms with Crippen LogP contribution in [-0.4, -0.2) is 58.7 Å². The molecule has 0 unspecified atom stereocenters. The highest BCUT2D eigenvalue weighted by Gasteiger charge is 2.38. The minimum atomic E-state index is -5.08. The van der Waals surface area contributed by atoms with Crippen LogP contribution in [0.5, 0.6) is 0 Å². The molecule has 11 heteroatoms. The summed E-state index contributed by atoms with van der Waals surface area (Å²) in [5.41, 5.74) is 0.930. The number of ether oxygens (including phenoxy) is 1. The van der Waals surface area contributed by atoms with Gasteiger partial charge < -0.3 is 14.7 Å². The number of aromatic amines is 1. The van der Waals surface area contributed by atoms with Gasteiger partial charge in [-0.2, -0.15) is 18.3 Å². The molecular weight excluding hydrogens is 365 g/mol. The number of piperidine rings is 1. The number of halogens is 4. The van der Waals surface area contributed by atoms with Gasteiger partial charge in [-0.25, -0.2) is 9.78 Å². The summed E-state index contributed by atoms with van der Waals surface area (Å²) in [5, 5.41) is 16.0. The standard InChI is InChI=1S/C12H15ClN4O.C2HF3O2/c1-18-8-2-4-17(5-3-8)12-9-7-14-11(13)6-10(9)15-16-12;3-2(4,5)1(6)7/h6-8H,2-5H2,1H3,(H,15,16);(H,6,7). The minimum absolute atomic E-state index is 0.374. The lowest BCUT2D eigenvalue weighted by Crippen LogP contribution is -2.36. The van der Waals surface area contributed by atoms with Gasteiger partial charge >= 0.3 is 12.1 Å². The van der Waals surface area contributed by atoms with Gasteiger partial charge in [0.25, 0.3) is 0 Å². The summed E-state index contributed by atoms with van der Waals surface area (Å²) >= 11 is 5.86. The first-order chi connectivity index (χ1) is 11.7. The van der Waals surface area contributed by atoms with Gasteiger partial charge in [-0.1, -0.05) is 11.6 Å². The number of fused-ring (bicyclic) bond motifs is 1. The van der Waals surface area contributed by atoms with Gasteiger partial charge in [0.05, 0.1) is 17.0 Å². The zero-order valence-electron chi connectivity index (χ0n) is 13.2. The van der Waals surface area contributed by atoms with E-state index in [4.69, 9.17) is 26.2 Å². The van der Waals surface area contributed by atoms with Crippen LogP contribution in [0.2, 0.25) is 5.15 Å². The van der Waals surface area contributed by atoms with Crippen LogP contribution >= 0.6 is 11.6 Å². The Bertz CT molecular complexity index is 730. The average Bonchev–Trinajstić information content (AvgIpc) is 2.97. The van der Waals surface area contributed by atoms with Crippen molar-refractivity contribution in [2.75, 3.05) is 25.1 Å². The molecule has 1 aliphatic heterocycles. The molecule has 7 nitrogen and oxygen atoms in total. The van der Waals surface area contributed by atoms with Crippen molar-refractivity contribution in [3.8, 4) is 0 Å². The second kappa shape index (κ2) is 7.87. The number of rotatable bonds is 2. The molecule has 0 radical (unpaired) electrons. The summed E-state index contributed by atoms with van der Waals surface area (Å²) in [6.45, 7) is 1.92. The number of anilines is 1. The summed E-state index contributed by atoms with van der Waals surface area (Å²) in [7, 11) is 1.77. The number of carboxylic acid groups (broad SMARTS) is 1. The fourth-order valence-electron chi connectivity index (χ4n) is 2.42. The van der Waals surface area contributed by atoms with E-state index in [2.05, 4.69) is 20.1 Å². The molecule has 0 amide bonds. The van der Waals surface area contributed by atoms with Crippen LogP contribution < -0.4 is 4.90 Å². The van der Waals surface area contributed by atoms with E-state index in [1.807, 2.05) is 0 Å². The van der Waals surface area contributed by atoms with Crippen LogP contribution in [0.3, 0.4) is 0 Å². The number of alkyl halides is 3. The first kappa shape index (κ1) is 19.3. The van der Waals surface area contributed by atoms with Gasteiger partial charge in [0, 0.05) is 32.5 Å². The SMILES string of the molecule is COC1CCN(c2n[nH]c3cc(Cl)ncc23)CC1.O=C(O)C(F)(F)F. The third-order valence-electron chi connectivity index (χ3n) is 3.71. The molecule has 0 spiro atoms. The van der Waals surface area contributed by atoms with E-state index in [1.54, 1.807) is 19.4 Å². The highest BCUT2D eigenvalue weighted by atomic mass is 35.5. The Labute approximate surface area is 145 Å². The predicted octanol–water partition coefficient (Wildman–Crippen LogP) is 2.86. The van der Waals surface area contributed by atoms with Crippen LogP contribution in [0, 0.1) is 0 Å². The molecule has 138 valence electrons. The molecule has 2 aromatic heterocycles. The van der Waals surface area contributed by atoms with Crippen LogP contribution in [-0.2, 0) is 9.53 Å². The first-order valence-corrected chi connectivity index (χ1v) is 7.67. The number of carbonyl (C=O) groups is 1. The van der Waals surface area contributed by atoms with E-state index >= 15 is 0 Å². The first-order valence-electron chi connectivity index (χ1n) is 7.30. The van der Waals surface area contributed by atoms with Crippen molar-refractivity contribution in [2.45, 2.75) is 25.1 Å². The lowest BCUT2D eigenvalue weighted by molar-refractivity contribution is -0.192. The van der Waals surface area contributed by atoms with E-state index in [9.17, 15) is 13.2 Å². The van der Waals surface area contributed by atoms with E-state index in [-0.39, 0.29) is 0 Å². The fraction of sp³-hybridized carbons (Fsp3) is 0.500. The van der Waals surface area contributed by atoms with Crippen LogP contribution in [0.25, 0.3) is 10.9 Å². The molecule has 0 aliphatic carbocycles. The van der Waals surface area contributed by atoms with E-state index in [0.717, 1.165) is 42.7 Å². The van der Waals surface area contributed by atoms with Gasteiger partial charge in [0.2, 0.25) is 0 Å². The van der Waals surface area contributed by atoms with Crippen molar-refractivity contribution < 1.29 is 27.8 Å². The third kappa shape index (κ3) is 4.95. The molecule has 0 bridgehead atoms. The van der Waals surface area contributed by atoms with Crippen LogP contribution in [0.15, 0.2) is 12.3 Å². The Balaban J connectivity index is 0.000000277. The van der Waals surface area contributed by atoms with Gasteiger partial charge in [-0.05, 0) is 12.8 Å².